The lowest BCUT2D eigenvalue weighted by atomic mass is 9.92. The van der Waals surface area contributed by atoms with Crippen LogP contribution in [-0.2, 0) is 4.74 Å². The molecule has 0 N–H and O–H groups in total. The highest BCUT2D eigenvalue weighted by Crippen LogP contribution is 2.25. The Morgan fingerprint density at radius 1 is 1.50 bits per heavy atom. The fraction of sp³-hybridized carbons (Fsp3) is 0.462. The van der Waals surface area contributed by atoms with Crippen LogP contribution >= 0.6 is 0 Å². The van der Waals surface area contributed by atoms with E-state index in [1.54, 1.807) is 19.1 Å². The van der Waals surface area contributed by atoms with E-state index < -0.39 is 0 Å². The van der Waals surface area contributed by atoms with Gasteiger partial charge in [-0.3, -0.25) is 4.79 Å². The molecular formula is C13H15FO2. The molecule has 0 bridgehead atoms. The number of halogens is 1. The Bertz CT molecular complexity index is 414. The SMILES string of the molecule is Cc1cc(C(=O)C2CCOC2C)ccc1F. The number of Topliss-reactive ketones (excluding diaryl/α,β-unsaturated/α-hetero) is 1. The lowest BCUT2D eigenvalue weighted by molar-refractivity contribution is 0.0764. The van der Waals surface area contributed by atoms with Crippen LogP contribution < -0.4 is 0 Å². The maximum absolute atomic E-state index is 13.1. The van der Waals surface area contributed by atoms with Crippen LogP contribution in [0.1, 0.15) is 29.3 Å². The van der Waals surface area contributed by atoms with E-state index in [0.29, 0.717) is 17.7 Å². The maximum Gasteiger partial charge on any atom is 0.168 e. The topological polar surface area (TPSA) is 26.3 Å². The summed E-state index contributed by atoms with van der Waals surface area (Å²) in [5.41, 5.74) is 1.10. The first-order valence-corrected chi connectivity index (χ1v) is 5.51. The Hall–Kier alpha value is -1.22. The zero-order valence-electron chi connectivity index (χ0n) is 9.50. The molecule has 3 heteroatoms. The largest absolute Gasteiger partial charge is 0.378 e. The summed E-state index contributed by atoms with van der Waals surface area (Å²) in [7, 11) is 0. The van der Waals surface area contributed by atoms with E-state index in [-0.39, 0.29) is 23.6 Å². The van der Waals surface area contributed by atoms with Crippen LogP contribution in [0.4, 0.5) is 4.39 Å². The van der Waals surface area contributed by atoms with Crippen LogP contribution in [0.25, 0.3) is 0 Å². The first-order chi connectivity index (χ1) is 7.59. The van der Waals surface area contributed by atoms with E-state index in [1.807, 2.05) is 6.92 Å². The number of ether oxygens (including phenoxy) is 1. The first kappa shape index (κ1) is 11.3. The summed E-state index contributed by atoms with van der Waals surface area (Å²) in [5, 5.41) is 0. The lowest BCUT2D eigenvalue weighted by Gasteiger charge is -2.13. The quantitative estimate of drug-likeness (QED) is 0.719. The molecule has 0 saturated carbocycles. The maximum atomic E-state index is 13.1. The standard InChI is InChI=1S/C13H15FO2/c1-8-7-10(3-4-12(8)14)13(15)11-5-6-16-9(11)2/h3-4,7,9,11H,5-6H2,1-2H3. The summed E-state index contributed by atoms with van der Waals surface area (Å²) in [4.78, 5) is 12.1. The van der Waals surface area contributed by atoms with Crippen LogP contribution in [0.2, 0.25) is 0 Å². The summed E-state index contributed by atoms with van der Waals surface area (Å²) >= 11 is 0. The molecule has 1 aromatic carbocycles. The molecule has 1 saturated heterocycles. The van der Waals surface area contributed by atoms with Crippen molar-refractivity contribution in [1.29, 1.82) is 0 Å². The molecule has 0 amide bonds. The summed E-state index contributed by atoms with van der Waals surface area (Å²) in [6.45, 7) is 4.21. The average Bonchev–Trinajstić information content (AvgIpc) is 2.67. The molecule has 1 aromatic rings. The molecule has 86 valence electrons. The highest BCUT2D eigenvalue weighted by molar-refractivity contribution is 5.98. The van der Waals surface area contributed by atoms with Crippen LogP contribution in [-0.4, -0.2) is 18.5 Å². The number of benzene rings is 1. The first-order valence-electron chi connectivity index (χ1n) is 5.51. The molecule has 2 nitrogen and oxygen atoms in total. The second-order valence-electron chi connectivity index (χ2n) is 4.30. The minimum atomic E-state index is -0.271. The van der Waals surface area contributed by atoms with Gasteiger partial charge >= 0.3 is 0 Å². The normalized spacial score (nSPS) is 24.7. The lowest BCUT2D eigenvalue weighted by Crippen LogP contribution is -2.21. The molecule has 2 atom stereocenters. The molecular weight excluding hydrogens is 207 g/mol. The fourth-order valence-electron chi connectivity index (χ4n) is 2.09. The van der Waals surface area contributed by atoms with E-state index in [2.05, 4.69) is 0 Å². The molecule has 16 heavy (non-hydrogen) atoms. The number of carbonyl (C=O) groups is 1. The third-order valence-electron chi connectivity index (χ3n) is 3.16. The Labute approximate surface area is 94.4 Å². The zero-order valence-corrected chi connectivity index (χ0v) is 9.50. The van der Waals surface area contributed by atoms with Crippen molar-refractivity contribution in [2.75, 3.05) is 6.61 Å². The molecule has 0 aliphatic carbocycles. The van der Waals surface area contributed by atoms with Crippen molar-refractivity contribution in [3.8, 4) is 0 Å². The summed E-state index contributed by atoms with van der Waals surface area (Å²) in [5.74, 6) is -0.287. The number of ketones is 1. The highest BCUT2D eigenvalue weighted by atomic mass is 19.1. The van der Waals surface area contributed by atoms with Gasteiger partial charge in [0.1, 0.15) is 5.82 Å². The van der Waals surface area contributed by atoms with E-state index in [9.17, 15) is 9.18 Å². The zero-order chi connectivity index (χ0) is 11.7. The summed E-state index contributed by atoms with van der Waals surface area (Å²) in [6, 6.07) is 4.52. The molecule has 1 aliphatic heterocycles. The molecule has 0 radical (unpaired) electrons. The van der Waals surface area contributed by atoms with Crippen LogP contribution in [0.3, 0.4) is 0 Å². The number of rotatable bonds is 2. The molecule has 1 aliphatic rings. The van der Waals surface area contributed by atoms with E-state index in [1.165, 1.54) is 6.07 Å². The van der Waals surface area contributed by atoms with Gasteiger partial charge in [0.15, 0.2) is 5.78 Å². The number of hydrogen-bond donors (Lipinski definition) is 0. The van der Waals surface area contributed by atoms with Crippen molar-refractivity contribution in [1.82, 2.24) is 0 Å². The van der Waals surface area contributed by atoms with Gasteiger partial charge in [-0.15, -0.1) is 0 Å². The Morgan fingerprint density at radius 2 is 2.25 bits per heavy atom. The Balaban J connectivity index is 2.23. The molecule has 2 rings (SSSR count). The molecule has 1 fully saturated rings. The van der Waals surface area contributed by atoms with Crippen molar-refractivity contribution in [3.05, 3.63) is 35.1 Å². The van der Waals surface area contributed by atoms with Crippen molar-refractivity contribution in [2.45, 2.75) is 26.4 Å². The van der Waals surface area contributed by atoms with Crippen molar-refractivity contribution in [3.63, 3.8) is 0 Å². The number of carbonyl (C=O) groups excluding carboxylic acids is 1. The van der Waals surface area contributed by atoms with Crippen LogP contribution in [0, 0.1) is 18.7 Å². The predicted octanol–water partition coefficient (Wildman–Crippen LogP) is 2.74. The second kappa shape index (κ2) is 4.34. The molecule has 0 spiro atoms. The predicted molar refractivity (Wildman–Crippen MR) is 59.0 cm³/mol. The van der Waals surface area contributed by atoms with Gasteiger partial charge in [-0.05, 0) is 44.0 Å². The van der Waals surface area contributed by atoms with Gasteiger partial charge in [-0.1, -0.05) is 0 Å². The van der Waals surface area contributed by atoms with Gasteiger partial charge in [0.2, 0.25) is 0 Å². The second-order valence-corrected chi connectivity index (χ2v) is 4.30. The van der Waals surface area contributed by atoms with Crippen molar-refractivity contribution >= 4 is 5.78 Å². The van der Waals surface area contributed by atoms with E-state index in [0.717, 1.165) is 6.42 Å². The van der Waals surface area contributed by atoms with Gasteiger partial charge in [0.05, 0.1) is 12.0 Å². The molecule has 0 aromatic heterocycles. The third-order valence-corrected chi connectivity index (χ3v) is 3.16. The minimum Gasteiger partial charge on any atom is -0.378 e. The van der Waals surface area contributed by atoms with E-state index >= 15 is 0 Å². The number of hydrogen-bond acceptors (Lipinski definition) is 2. The van der Waals surface area contributed by atoms with Crippen LogP contribution in [0.5, 0.6) is 0 Å². The smallest absolute Gasteiger partial charge is 0.168 e. The van der Waals surface area contributed by atoms with Gasteiger partial charge in [0.25, 0.3) is 0 Å². The van der Waals surface area contributed by atoms with Gasteiger partial charge in [-0.2, -0.15) is 0 Å². The molecule has 2 unspecified atom stereocenters. The molecule has 1 heterocycles. The monoisotopic (exact) mass is 222 g/mol. The average molecular weight is 222 g/mol. The minimum absolute atomic E-state index is 0.0298. The Morgan fingerprint density at radius 3 is 2.81 bits per heavy atom. The Kier molecular flexibility index (Phi) is 3.06. The highest BCUT2D eigenvalue weighted by Gasteiger charge is 2.31. The number of aryl methyl sites for hydroxylation is 1. The van der Waals surface area contributed by atoms with Crippen molar-refractivity contribution < 1.29 is 13.9 Å². The van der Waals surface area contributed by atoms with E-state index in [4.69, 9.17) is 4.74 Å². The summed E-state index contributed by atoms with van der Waals surface area (Å²) < 4.78 is 18.4. The summed E-state index contributed by atoms with van der Waals surface area (Å²) in [6.07, 6.45) is 0.731. The van der Waals surface area contributed by atoms with Crippen molar-refractivity contribution in [2.24, 2.45) is 5.92 Å². The van der Waals surface area contributed by atoms with Gasteiger partial charge < -0.3 is 4.74 Å². The third kappa shape index (κ3) is 2.00. The van der Waals surface area contributed by atoms with Gasteiger partial charge in [-0.25, -0.2) is 4.39 Å². The van der Waals surface area contributed by atoms with Crippen LogP contribution in [0.15, 0.2) is 18.2 Å². The van der Waals surface area contributed by atoms with Gasteiger partial charge in [0, 0.05) is 12.2 Å². The fourth-order valence-corrected chi connectivity index (χ4v) is 2.09.